The quantitative estimate of drug-likeness (QED) is 0.851. The summed E-state index contributed by atoms with van der Waals surface area (Å²) in [7, 11) is 0. The molecule has 1 atom stereocenters. The molecule has 0 radical (unpaired) electrons. The number of rotatable bonds is 2. The van der Waals surface area contributed by atoms with E-state index < -0.39 is 5.60 Å². The average molecular weight is 315 g/mol. The van der Waals surface area contributed by atoms with Gasteiger partial charge in [0.15, 0.2) is 0 Å². The van der Waals surface area contributed by atoms with Crippen LogP contribution in [-0.2, 0) is 10.2 Å². The normalized spacial score (nSPS) is 33.3. The first-order valence-electron chi connectivity index (χ1n) is 8.82. The minimum absolute atomic E-state index is 0.0845. The molecule has 0 spiro atoms. The summed E-state index contributed by atoms with van der Waals surface area (Å²) in [6.07, 6.45) is 5.27. The minimum atomic E-state index is -0.443. The van der Waals surface area contributed by atoms with E-state index >= 15 is 0 Å². The second-order valence-electron chi connectivity index (χ2n) is 8.53. The molecule has 1 N–H and O–H groups in total. The van der Waals surface area contributed by atoms with Crippen molar-refractivity contribution in [2.45, 2.75) is 76.4 Å². The molecule has 126 valence electrons. The molecule has 3 saturated carbocycles. The lowest BCUT2D eigenvalue weighted by Gasteiger charge is -2.57. The van der Waals surface area contributed by atoms with Gasteiger partial charge in [0, 0.05) is 5.54 Å². The summed E-state index contributed by atoms with van der Waals surface area (Å²) in [4.78, 5) is 12.3. The first-order chi connectivity index (χ1) is 10.7. The Balaban J connectivity index is 1.74. The monoisotopic (exact) mass is 315 g/mol. The summed E-state index contributed by atoms with van der Waals surface area (Å²) in [5.74, 6) is 0.470. The van der Waals surface area contributed by atoms with Gasteiger partial charge in [-0.25, -0.2) is 4.79 Å². The Hall–Kier alpha value is -1.51. The van der Waals surface area contributed by atoms with Crippen LogP contribution in [0, 0.1) is 5.92 Å². The molecule has 0 saturated heterocycles. The molecule has 1 unspecified atom stereocenters. The van der Waals surface area contributed by atoms with Gasteiger partial charge in [0.1, 0.15) is 5.60 Å². The maximum absolute atomic E-state index is 12.3. The molecule has 0 heterocycles. The van der Waals surface area contributed by atoms with Crippen molar-refractivity contribution in [3.05, 3.63) is 35.9 Å². The predicted molar refractivity (Wildman–Crippen MR) is 92.5 cm³/mol. The second-order valence-corrected chi connectivity index (χ2v) is 8.53. The summed E-state index contributed by atoms with van der Waals surface area (Å²) >= 11 is 0. The zero-order chi connectivity index (χ0) is 16.7. The van der Waals surface area contributed by atoms with E-state index in [1.54, 1.807) is 0 Å². The fraction of sp³-hybridized carbons (Fsp3) is 0.650. The van der Waals surface area contributed by atoms with Gasteiger partial charge in [-0.1, -0.05) is 37.3 Å². The molecular formula is C20H29NO2. The molecule has 3 nitrogen and oxygen atoms in total. The maximum atomic E-state index is 12.3. The zero-order valence-electron chi connectivity index (χ0n) is 14.8. The van der Waals surface area contributed by atoms with Crippen molar-refractivity contribution in [3.8, 4) is 0 Å². The van der Waals surface area contributed by atoms with Crippen LogP contribution in [-0.4, -0.2) is 17.2 Å². The first kappa shape index (κ1) is 16.4. The lowest BCUT2D eigenvalue weighted by atomic mass is 9.51. The van der Waals surface area contributed by atoms with Gasteiger partial charge < -0.3 is 10.1 Å². The lowest BCUT2D eigenvalue weighted by molar-refractivity contribution is 0.00165. The van der Waals surface area contributed by atoms with Gasteiger partial charge in [-0.2, -0.15) is 0 Å². The Labute approximate surface area is 139 Å². The average Bonchev–Trinajstić information content (AvgIpc) is 2.48. The third-order valence-electron chi connectivity index (χ3n) is 5.88. The number of amides is 1. The van der Waals surface area contributed by atoms with Gasteiger partial charge in [0.2, 0.25) is 0 Å². The SMILES string of the molecule is CC1CC2(c3ccccc3)CCC1(NC(=O)OC(C)(C)C)CC2. The van der Waals surface area contributed by atoms with Crippen LogP contribution in [0.5, 0.6) is 0 Å². The number of benzene rings is 1. The Morgan fingerprint density at radius 2 is 1.74 bits per heavy atom. The van der Waals surface area contributed by atoms with Gasteiger partial charge >= 0.3 is 6.09 Å². The summed E-state index contributed by atoms with van der Waals surface area (Å²) in [6.45, 7) is 8.02. The molecule has 1 aromatic rings. The fourth-order valence-electron chi connectivity index (χ4n) is 4.61. The number of carbonyl (C=O) groups is 1. The number of ether oxygens (including phenoxy) is 1. The van der Waals surface area contributed by atoms with Crippen molar-refractivity contribution < 1.29 is 9.53 Å². The van der Waals surface area contributed by atoms with Crippen molar-refractivity contribution >= 4 is 6.09 Å². The smallest absolute Gasteiger partial charge is 0.408 e. The molecule has 4 rings (SSSR count). The van der Waals surface area contributed by atoms with Crippen LogP contribution < -0.4 is 5.32 Å². The highest BCUT2D eigenvalue weighted by Crippen LogP contribution is 2.56. The van der Waals surface area contributed by atoms with Crippen molar-refractivity contribution in [2.24, 2.45) is 5.92 Å². The van der Waals surface area contributed by atoms with Crippen molar-refractivity contribution in [2.75, 3.05) is 0 Å². The second kappa shape index (κ2) is 5.54. The molecule has 3 fully saturated rings. The third kappa shape index (κ3) is 3.11. The van der Waals surface area contributed by atoms with E-state index in [2.05, 4.69) is 42.6 Å². The predicted octanol–water partition coefficient (Wildman–Crippen LogP) is 4.80. The molecule has 3 aliphatic rings. The van der Waals surface area contributed by atoms with Crippen LogP contribution in [0.4, 0.5) is 4.79 Å². The van der Waals surface area contributed by atoms with E-state index in [0.717, 1.165) is 32.1 Å². The standard InChI is InChI=1S/C20H29NO2/c1-15-14-19(16-8-6-5-7-9-16)10-12-20(15,13-11-19)21-17(22)23-18(2,3)4/h5-9,15H,10-14H2,1-4H3,(H,21,22). The third-order valence-corrected chi connectivity index (χ3v) is 5.88. The first-order valence-corrected chi connectivity index (χ1v) is 8.82. The summed E-state index contributed by atoms with van der Waals surface area (Å²) in [5.41, 5.74) is 1.25. The summed E-state index contributed by atoms with van der Waals surface area (Å²) < 4.78 is 5.49. The van der Waals surface area contributed by atoms with Crippen molar-refractivity contribution in [1.82, 2.24) is 5.32 Å². The largest absolute Gasteiger partial charge is 0.444 e. The highest BCUT2D eigenvalue weighted by atomic mass is 16.6. The minimum Gasteiger partial charge on any atom is -0.444 e. The number of carbonyl (C=O) groups excluding carboxylic acids is 1. The van der Waals surface area contributed by atoms with Crippen molar-refractivity contribution in [3.63, 3.8) is 0 Å². The fourth-order valence-corrected chi connectivity index (χ4v) is 4.61. The molecular weight excluding hydrogens is 286 g/mol. The molecule has 23 heavy (non-hydrogen) atoms. The number of fused-ring (bicyclic) bond motifs is 3. The maximum Gasteiger partial charge on any atom is 0.408 e. The van der Waals surface area contributed by atoms with Crippen LogP contribution in [0.2, 0.25) is 0 Å². The van der Waals surface area contributed by atoms with Gasteiger partial charge in [0.25, 0.3) is 0 Å². The lowest BCUT2D eigenvalue weighted by Crippen LogP contribution is -2.62. The zero-order valence-corrected chi connectivity index (χ0v) is 14.8. The van der Waals surface area contributed by atoms with Gasteiger partial charge in [-0.3, -0.25) is 0 Å². The van der Waals surface area contributed by atoms with Crippen LogP contribution in [0.1, 0.15) is 65.4 Å². The van der Waals surface area contributed by atoms with E-state index in [-0.39, 0.29) is 11.6 Å². The Morgan fingerprint density at radius 3 is 2.26 bits per heavy atom. The van der Waals surface area contributed by atoms with E-state index in [9.17, 15) is 4.79 Å². The molecule has 2 bridgehead atoms. The van der Waals surface area contributed by atoms with E-state index in [1.165, 1.54) is 5.56 Å². The van der Waals surface area contributed by atoms with Crippen LogP contribution in [0.15, 0.2) is 30.3 Å². The number of nitrogens with one attached hydrogen (secondary N) is 1. The van der Waals surface area contributed by atoms with Crippen molar-refractivity contribution in [1.29, 1.82) is 0 Å². The summed E-state index contributed by atoms with van der Waals surface area (Å²) in [6, 6.07) is 10.9. The Morgan fingerprint density at radius 1 is 1.13 bits per heavy atom. The summed E-state index contributed by atoms with van der Waals surface area (Å²) in [5, 5.41) is 3.23. The Bertz CT molecular complexity index is 565. The van der Waals surface area contributed by atoms with Gasteiger partial charge in [-0.05, 0) is 69.8 Å². The molecule has 1 amide bonds. The van der Waals surface area contributed by atoms with Crippen LogP contribution >= 0.6 is 0 Å². The highest BCUT2D eigenvalue weighted by molar-refractivity contribution is 5.69. The van der Waals surface area contributed by atoms with E-state index in [4.69, 9.17) is 4.74 Å². The number of hydrogen-bond donors (Lipinski definition) is 1. The number of alkyl carbamates (subject to hydrolysis) is 1. The molecule has 1 aromatic carbocycles. The van der Waals surface area contributed by atoms with Crippen LogP contribution in [0.25, 0.3) is 0 Å². The topological polar surface area (TPSA) is 38.3 Å². The van der Waals surface area contributed by atoms with E-state index in [1.807, 2.05) is 20.8 Å². The highest BCUT2D eigenvalue weighted by Gasteiger charge is 2.54. The van der Waals surface area contributed by atoms with E-state index in [0.29, 0.717) is 11.3 Å². The Kier molecular flexibility index (Phi) is 3.94. The molecule has 0 aromatic heterocycles. The van der Waals surface area contributed by atoms with Gasteiger partial charge in [-0.15, -0.1) is 0 Å². The molecule has 3 heteroatoms. The van der Waals surface area contributed by atoms with Gasteiger partial charge in [0.05, 0.1) is 0 Å². The molecule has 0 aliphatic heterocycles. The molecule has 3 aliphatic carbocycles. The van der Waals surface area contributed by atoms with Crippen LogP contribution in [0.3, 0.4) is 0 Å². The number of hydrogen-bond acceptors (Lipinski definition) is 2.